The van der Waals surface area contributed by atoms with Crippen molar-refractivity contribution in [1.29, 1.82) is 0 Å². The van der Waals surface area contributed by atoms with Crippen LogP contribution in [-0.2, 0) is 20.3 Å². The Balaban J connectivity index is 1.98. The normalized spacial score (nSPS) is 22.5. The zero-order valence-electron chi connectivity index (χ0n) is 20.8. The van der Waals surface area contributed by atoms with Crippen LogP contribution in [0, 0.1) is 27.4 Å². The molecule has 0 spiro atoms. The molecule has 1 fully saturated rings. The van der Waals surface area contributed by atoms with Crippen molar-refractivity contribution in [2.75, 3.05) is 27.4 Å². The van der Waals surface area contributed by atoms with Crippen molar-refractivity contribution in [2.24, 2.45) is 17.3 Å². The zero-order chi connectivity index (χ0) is 26.0. The molecule has 35 heavy (non-hydrogen) atoms. The van der Waals surface area contributed by atoms with Crippen LogP contribution in [0.5, 0.6) is 11.5 Å². The number of methoxy groups -OCH3 is 2. The van der Waals surface area contributed by atoms with Gasteiger partial charge in [0.2, 0.25) is 0 Å². The van der Waals surface area contributed by atoms with E-state index < -0.39 is 22.5 Å². The summed E-state index contributed by atoms with van der Waals surface area (Å²) in [5.41, 5.74) is 0.572. The number of esters is 1. The van der Waals surface area contributed by atoms with Crippen molar-refractivity contribution >= 4 is 5.97 Å². The van der Waals surface area contributed by atoms with E-state index in [0.29, 0.717) is 12.0 Å². The average molecular weight is 498 g/mol. The minimum atomic E-state index is -3.89. The van der Waals surface area contributed by atoms with Gasteiger partial charge in [-0.25, -0.2) is 4.79 Å². The molecule has 0 aliphatic heterocycles. The molecule has 3 aliphatic carbocycles. The number of hydrogen-bond donors (Lipinski definition) is 0. The van der Waals surface area contributed by atoms with Crippen molar-refractivity contribution in [3.8, 4) is 11.5 Å². The second-order valence-corrected chi connectivity index (χ2v) is 9.69. The van der Waals surface area contributed by atoms with Gasteiger partial charge in [0.15, 0.2) is 0 Å². The van der Waals surface area contributed by atoms with E-state index in [2.05, 4.69) is 18.7 Å². The molecule has 0 saturated heterocycles. The first-order chi connectivity index (χ1) is 16.5. The van der Waals surface area contributed by atoms with Crippen LogP contribution in [0.15, 0.2) is 23.8 Å². The molecule has 10 heteroatoms. The molecular weight excluding hydrogens is 464 g/mol. The summed E-state index contributed by atoms with van der Waals surface area (Å²) in [6, 6.07) is 2.29. The Labute approximate surface area is 203 Å². The van der Waals surface area contributed by atoms with Crippen LogP contribution in [0.25, 0.3) is 0 Å². The summed E-state index contributed by atoms with van der Waals surface area (Å²) < 4.78 is 45.9. The molecule has 0 amide bonds. The maximum atomic E-state index is 15.0. The Morgan fingerprint density at radius 2 is 1.83 bits per heavy atom. The Kier molecular flexibility index (Phi) is 7.91. The van der Waals surface area contributed by atoms with E-state index in [9.17, 15) is 14.9 Å². The number of fused-ring (bicyclic) bond motifs is 1. The molecule has 3 aliphatic rings. The lowest BCUT2D eigenvalue weighted by atomic mass is 9.45. The molecule has 1 saturated carbocycles. The van der Waals surface area contributed by atoms with Gasteiger partial charge in [-0.2, -0.15) is 8.78 Å². The number of rotatable bonds is 12. The van der Waals surface area contributed by atoms with Gasteiger partial charge in [-0.05, 0) is 47.8 Å². The molecule has 2 bridgehead atoms. The minimum Gasteiger partial charge on any atom is -0.496 e. The molecule has 1 aromatic rings. The predicted octanol–water partition coefficient (Wildman–Crippen LogP) is 5.42. The van der Waals surface area contributed by atoms with E-state index in [-0.39, 0.29) is 47.9 Å². The number of halogens is 2. The summed E-state index contributed by atoms with van der Waals surface area (Å²) in [5, 5.41) is 9.94. The molecule has 3 atom stereocenters. The molecule has 0 aromatic heterocycles. The molecule has 0 radical (unpaired) electrons. The van der Waals surface area contributed by atoms with Crippen molar-refractivity contribution < 1.29 is 37.7 Å². The van der Waals surface area contributed by atoms with Gasteiger partial charge < -0.3 is 19.0 Å². The fourth-order valence-corrected chi connectivity index (χ4v) is 5.40. The number of alkyl halides is 2. The maximum Gasteiger partial charge on any atom is 0.381 e. The number of carbonyl (C=O) groups excluding carboxylic acids is 1. The van der Waals surface area contributed by atoms with Gasteiger partial charge in [0.1, 0.15) is 18.1 Å². The third-order valence-electron chi connectivity index (χ3n) is 7.43. The van der Waals surface area contributed by atoms with Crippen LogP contribution in [-0.4, -0.2) is 38.5 Å². The predicted molar refractivity (Wildman–Crippen MR) is 123 cm³/mol. The molecule has 1 aromatic carbocycles. The Bertz CT molecular complexity index is 967. The smallest absolute Gasteiger partial charge is 0.381 e. The van der Waals surface area contributed by atoms with Gasteiger partial charge in [0.25, 0.3) is 5.09 Å². The lowest BCUT2D eigenvalue weighted by molar-refractivity contribution is -0.756. The van der Waals surface area contributed by atoms with Crippen molar-refractivity contribution in [2.45, 2.75) is 58.3 Å². The number of ether oxygens (including phenoxy) is 3. The number of nitrogens with zero attached hydrogens (tertiary/aromatic N) is 1. The van der Waals surface area contributed by atoms with Crippen molar-refractivity contribution in [3.63, 3.8) is 0 Å². The summed E-state index contributed by atoms with van der Waals surface area (Å²) >= 11 is 0. The number of allylic oxidation sites excluding steroid dienone is 1. The highest BCUT2D eigenvalue weighted by Gasteiger charge is 2.56. The van der Waals surface area contributed by atoms with Crippen LogP contribution in [0.4, 0.5) is 8.78 Å². The molecular formula is C25H33F2NO7. The topological polar surface area (TPSA) is 97.1 Å². The summed E-state index contributed by atoms with van der Waals surface area (Å²) in [6.45, 7) is 5.88. The first-order valence-electron chi connectivity index (χ1n) is 11.8. The van der Waals surface area contributed by atoms with E-state index in [0.717, 1.165) is 37.0 Å². The van der Waals surface area contributed by atoms with Crippen molar-refractivity contribution in [1.82, 2.24) is 0 Å². The van der Waals surface area contributed by atoms with E-state index in [1.807, 2.05) is 13.0 Å². The van der Waals surface area contributed by atoms with Crippen LogP contribution >= 0.6 is 0 Å². The SMILES string of the molecule is CCCCCOC(=O)C(F)(F)c1cc(OC)c([C@H]2C=C(CO[N+](=O)[O-])[C@H]3C[C@@H]2C3(C)C)c(OC)c1. The van der Waals surface area contributed by atoms with Crippen LogP contribution in [0.1, 0.15) is 63.5 Å². The molecule has 0 N–H and O–H groups in total. The van der Waals surface area contributed by atoms with Crippen molar-refractivity contribution in [3.05, 3.63) is 45.0 Å². The Morgan fingerprint density at radius 1 is 1.20 bits per heavy atom. The summed E-state index contributed by atoms with van der Waals surface area (Å²) in [5.74, 6) is -5.24. The van der Waals surface area contributed by atoms with E-state index in [4.69, 9.17) is 14.2 Å². The van der Waals surface area contributed by atoms with E-state index in [1.54, 1.807) is 0 Å². The van der Waals surface area contributed by atoms with Gasteiger partial charge in [-0.3, -0.25) is 0 Å². The lowest BCUT2D eigenvalue weighted by Crippen LogP contribution is -2.52. The fourth-order valence-electron chi connectivity index (χ4n) is 5.40. The average Bonchev–Trinajstić information content (AvgIpc) is 2.83. The lowest BCUT2D eigenvalue weighted by Gasteiger charge is -2.59. The fraction of sp³-hybridized carbons (Fsp3) is 0.640. The first kappa shape index (κ1) is 26.7. The largest absolute Gasteiger partial charge is 0.496 e. The number of carbonyl (C=O) groups is 1. The highest BCUT2D eigenvalue weighted by Crippen LogP contribution is 2.65. The second kappa shape index (κ2) is 10.4. The maximum absolute atomic E-state index is 15.0. The monoisotopic (exact) mass is 497 g/mol. The van der Waals surface area contributed by atoms with Gasteiger partial charge >= 0.3 is 11.9 Å². The first-order valence-corrected chi connectivity index (χ1v) is 11.8. The second-order valence-electron chi connectivity index (χ2n) is 9.69. The number of benzene rings is 1. The van der Waals surface area contributed by atoms with E-state index >= 15 is 8.78 Å². The third kappa shape index (κ3) is 5.06. The Hall–Kier alpha value is -2.91. The third-order valence-corrected chi connectivity index (χ3v) is 7.43. The van der Waals surface area contributed by atoms with Gasteiger partial charge in [-0.1, -0.05) is 39.7 Å². The zero-order valence-corrected chi connectivity index (χ0v) is 20.8. The summed E-state index contributed by atoms with van der Waals surface area (Å²) in [6.07, 6.45) is 4.83. The molecule has 8 nitrogen and oxygen atoms in total. The highest BCUT2D eigenvalue weighted by molar-refractivity contribution is 5.80. The van der Waals surface area contributed by atoms with Gasteiger partial charge in [-0.15, -0.1) is 10.1 Å². The molecule has 194 valence electrons. The minimum absolute atomic E-state index is 0.0750. The number of unbranched alkanes of at least 4 members (excludes halogenated alkanes) is 2. The van der Waals surface area contributed by atoms with Crippen LogP contribution in [0.3, 0.4) is 0 Å². The van der Waals surface area contributed by atoms with Crippen LogP contribution in [0.2, 0.25) is 0 Å². The van der Waals surface area contributed by atoms with Gasteiger partial charge in [0.05, 0.1) is 20.8 Å². The highest BCUT2D eigenvalue weighted by atomic mass is 19.3. The molecule has 0 unspecified atom stereocenters. The molecule has 4 rings (SSSR count). The molecule has 0 heterocycles. The standard InChI is InChI=1S/C25H33F2NO7/c1-6-7-8-9-34-23(29)25(26,27)16-11-20(32-4)22(21(12-16)33-5)17-10-15(14-35-28(30)31)18-13-19(17)24(18,2)3/h10-12,17-19H,6-9,13-14H2,1-5H3/t17-,18+,19-/m0/s1. The Morgan fingerprint density at radius 3 is 2.34 bits per heavy atom. The van der Waals surface area contributed by atoms with Crippen LogP contribution < -0.4 is 9.47 Å². The summed E-state index contributed by atoms with van der Waals surface area (Å²) in [7, 11) is 2.72. The van der Waals surface area contributed by atoms with Gasteiger partial charge in [0, 0.05) is 17.0 Å². The van der Waals surface area contributed by atoms with E-state index in [1.165, 1.54) is 14.2 Å². The summed E-state index contributed by atoms with van der Waals surface area (Å²) in [4.78, 5) is 27.6. The quantitative estimate of drug-likeness (QED) is 0.125. The number of hydrogen-bond acceptors (Lipinski definition) is 7.